The van der Waals surface area contributed by atoms with Crippen molar-refractivity contribution >= 4 is 46.3 Å². The van der Waals surface area contributed by atoms with Gasteiger partial charge in [0, 0.05) is 12.1 Å². The summed E-state index contributed by atoms with van der Waals surface area (Å²) in [4.78, 5) is 42.6. The molecule has 3 N–H and O–H groups in total. The first-order valence-corrected chi connectivity index (χ1v) is 9.08. The second kappa shape index (κ2) is 7.80. The summed E-state index contributed by atoms with van der Waals surface area (Å²) in [5, 5.41) is 9.09. The number of thioether (sulfide) groups is 1. The Morgan fingerprint density at radius 3 is 2.85 bits per heavy atom. The topological polar surface area (TPSA) is 122 Å². The van der Waals surface area contributed by atoms with Crippen LogP contribution < -0.4 is 16.2 Å². The van der Waals surface area contributed by atoms with Crippen molar-refractivity contribution in [3.8, 4) is 5.69 Å². The Hall–Kier alpha value is -2.85. The van der Waals surface area contributed by atoms with Crippen molar-refractivity contribution in [2.45, 2.75) is 17.3 Å². The van der Waals surface area contributed by atoms with E-state index in [2.05, 4.69) is 25.7 Å². The monoisotopic (exact) mass is 406 g/mol. The predicted molar refractivity (Wildman–Crippen MR) is 102 cm³/mol. The van der Waals surface area contributed by atoms with Crippen molar-refractivity contribution in [1.82, 2.24) is 30.4 Å². The Bertz CT molecular complexity index is 1080. The van der Waals surface area contributed by atoms with Crippen LogP contribution in [0.3, 0.4) is 0 Å². The normalized spacial score (nSPS) is 12.0. The number of amides is 3. The Labute approximate surface area is 162 Å². The summed E-state index contributed by atoms with van der Waals surface area (Å²) in [5.41, 5.74) is 0.606. The molecule has 2 heterocycles. The number of aromatic nitrogens is 4. The highest BCUT2D eigenvalue weighted by atomic mass is 35.5. The van der Waals surface area contributed by atoms with Gasteiger partial charge in [-0.15, -0.1) is 0 Å². The third-order valence-corrected chi connectivity index (χ3v) is 4.81. The van der Waals surface area contributed by atoms with E-state index in [9.17, 15) is 14.4 Å². The molecule has 0 bridgehead atoms. The van der Waals surface area contributed by atoms with Crippen LogP contribution in [0.4, 0.5) is 4.79 Å². The lowest BCUT2D eigenvalue weighted by Gasteiger charge is -2.10. The first-order valence-electron chi connectivity index (χ1n) is 7.82. The summed E-state index contributed by atoms with van der Waals surface area (Å²) in [5.74, 6) is -0.509. The van der Waals surface area contributed by atoms with E-state index in [0.717, 1.165) is 11.8 Å². The van der Waals surface area contributed by atoms with Gasteiger partial charge in [-0.1, -0.05) is 29.4 Å². The number of carbonyl (C=O) groups excluding carboxylic acids is 2. The Kier molecular flexibility index (Phi) is 5.47. The number of imide groups is 1. The number of aromatic amines is 1. The Balaban J connectivity index is 1.94. The lowest BCUT2D eigenvalue weighted by molar-refractivity contribution is -0.119. The van der Waals surface area contributed by atoms with Crippen molar-refractivity contribution in [2.75, 3.05) is 7.05 Å². The van der Waals surface area contributed by atoms with Crippen LogP contribution in [-0.4, -0.2) is 44.0 Å². The van der Waals surface area contributed by atoms with Gasteiger partial charge in [-0.25, -0.2) is 14.5 Å². The standard InChI is InChI=1S/C16H15ClN6O3S/c1-8(13(24)21-15(26)18-2)27-16-20-12-11(14(25)22-16)7-19-23(12)10-5-3-4-9(17)6-10/h3-8H,1-2H3,(H,20,22,25)(H2,18,21,24,26)/t8-/m0/s1. The minimum atomic E-state index is -0.662. The average molecular weight is 407 g/mol. The number of halogens is 1. The molecule has 0 spiro atoms. The van der Waals surface area contributed by atoms with Gasteiger partial charge in [0.15, 0.2) is 10.8 Å². The van der Waals surface area contributed by atoms with Crippen LogP contribution in [-0.2, 0) is 4.79 Å². The van der Waals surface area contributed by atoms with Gasteiger partial charge in [-0.3, -0.25) is 14.9 Å². The number of urea groups is 1. The number of H-pyrrole nitrogens is 1. The molecule has 0 unspecified atom stereocenters. The number of hydrogen-bond donors (Lipinski definition) is 3. The van der Waals surface area contributed by atoms with E-state index in [1.807, 2.05) is 0 Å². The molecule has 0 aliphatic rings. The first kappa shape index (κ1) is 18.9. The average Bonchev–Trinajstić information content (AvgIpc) is 3.06. The lowest BCUT2D eigenvalue weighted by atomic mass is 10.3. The second-order valence-electron chi connectivity index (χ2n) is 5.47. The molecule has 0 radical (unpaired) electrons. The van der Waals surface area contributed by atoms with Crippen LogP contribution in [0.25, 0.3) is 16.7 Å². The largest absolute Gasteiger partial charge is 0.341 e. The summed E-state index contributed by atoms with van der Waals surface area (Å²) in [6.07, 6.45) is 1.41. The predicted octanol–water partition coefficient (Wildman–Crippen LogP) is 1.70. The molecule has 1 aromatic carbocycles. The molecule has 140 valence electrons. The highest BCUT2D eigenvalue weighted by molar-refractivity contribution is 8.00. The summed E-state index contributed by atoms with van der Waals surface area (Å²) in [6, 6.07) is 6.36. The summed E-state index contributed by atoms with van der Waals surface area (Å²) in [6.45, 7) is 1.60. The molecule has 0 saturated carbocycles. The quantitative estimate of drug-likeness (QED) is 0.447. The maximum Gasteiger partial charge on any atom is 0.321 e. The zero-order valence-corrected chi connectivity index (χ0v) is 15.9. The smallest absolute Gasteiger partial charge is 0.321 e. The van der Waals surface area contributed by atoms with Gasteiger partial charge in [0.2, 0.25) is 5.91 Å². The first-order chi connectivity index (χ1) is 12.9. The molecule has 0 aliphatic heterocycles. The maximum atomic E-state index is 12.3. The highest BCUT2D eigenvalue weighted by Gasteiger charge is 2.19. The SMILES string of the molecule is CNC(=O)NC(=O)[C@H](C)Sc1nc2c(cnn2-c2cccc(Cl)c2)c(=O)[nH]1. The number of benzene rings is 1. The van der Waals surface area contributed by atoms with Crippen molar-refractivity contribution < 1.29 is 9.59 Å². The van der Waals surface area contributed by atoms with Gasteiger partial charge in [0.1, 0.15) is 5.39 Å². The molecule has 3 rings (SSSR count). The fraction of sp³-hybridized carbons (Fsp3) is 0.188. The summed E-state index contributed by atoms with van der Waals surface area (Å²) < 4.78 is 1.50. The van der Waals surface area contributed by atoms with E-state index >= 15 is 0 Å². The van der Waals surface area contributed by atoms with Crippen LogP contribution in [0.5, 0.6) is 0 Å². The minimum absolute atomic E-state index is 0.232. The Morgan fingerprint density at radius 1 is 1.37 bits per heavy atom. The summed E-state index contributed by atoms with van der Waals surface area (Å²) >= 11 is 7.04. The van der Waals surface area contributed by atoms with Gasteiger partial charge in [0.25, 0.3) is 5.56 Å². The fourth-order valence-electron chi connectivity index (χ4n) is 2.25. The Morgan fingerprint density at radius 2 is 2.15 bits per heavy atom. The van der Waals surface area contributed by atoms with Crippen LogP contribution in [0.2, 0.25) is 5.02 Å². The van der Waals surface area contributed by atoms with E-state index < -0.39 is 17.2 Å². The molecule has 27 heavy (non-hydrogen) atoms. The summed E-state index contributed by atoms with van der Waals surface area (Å²) in [7, 11) is 1.41. The molecule has 3 aromatic rings. The molecule has 0 aliphatic carbocycles. The van der Waals surface area contributed by atoms with Gasteiger partial charge in [-0.05, 0) is 25.1 Å². The molecule has 0 saturated heterocycles. The van der Waals surface area contributed by atoms with Crippen LogP contribution in [0, 0.1) is 0 Å². The molecule has 2 aromatic heterocycles. The van der Waals surface area contributed by atoms with Crippen molar-refractivity contribution in [1.29, 1.82) is 0 Å². The van der Waals surface area contributed by atoms with Gasteiger partial charge >= 0.3 is 6.03 Å². The molecule has 1 atom stereocenters. The van der Waals surface area contributed by atoms with Crippen molar-refractivity contribution in [3.05, 3.63) is 45.8 Å². The zero-order valence-electron chi connectivity index (χ0n) is 14.3. The van der Waals surface area contributed by atoms with Crippen LogP contribution >= 0.6 is 23.4 Å². The van der Waals surface area contributed by atoms with Gasteiger partial charge < -0.3 is 10.3 Å². The van der Waals surface area contributed by atoms with Gasteiger partial charge in [-0.2, -0.15) is 5.10 Å². The van der Waals surface area contributed by atoms with Crippen molar-refractivity contribution in [3.63, 3.8) is 0 Å². The number of carbonyl (C=O) groups is 2. The highest BCUT2D eigenvalue weighted by Crippen LogP contribution is 2.22. The zero-order chi connectivity index (χ0) is 19.6. The lowest BCUT2D eigenvalue weighted by Crippen LogP contribution is -2.41. The van der Waals surface area contributed by atoms with Gasteiger partial charge in [0.05, 0.1) is 17.1 Å². The van der Waals surface area contributed by atoms with E-state index in [4.69, 9.17) is 11.6 Å². The number of nitrogens with one attached hydrogen (secondary N) is 3. The molecule has 9 nitrogen and oxygen atoms in total. The number of hydrogen-bond acceptors (Lipinski definition) is 6. The second-order valence-corrected chi connectivity index (χ2v) is 7.24. The fourth-order valence-corrected chi connectivity index (χ4v) is 3.22. The number of fused-ring (bicyclic) bond motifs is 1. The molecule has 0 fully saturated rings. The van der Waals surface area contributed by atoms with E-state index in [-0.39, 0.29) is 10.7 Å². The molecular formula is C16H15ClN6O3S. The number of nitrogens with zero attached hydrogens (tertiary/aromatic N) is 3. The molecular weight excluding hydrogens is 392 g/mol. The third-order valence-electron chi connectivity index (χ3n) is 3.59. The maximum absolute atomic E-state index is 12.3. The van der Waals surface area contributed by atoms with Crippen LogP contribution in [0.15, 0.2) is 40.4 Å². The third kappa shape index (κ3) is 4.12. The van der Waals surface area contributed by atoms with E-state index in [1.165, 1.54) is 17.9 Å². The molecule has 3 amide bonds. The van der Waals surface area contributed by atoms with Crippen molar-refractivity contribution in [2.24, 2.45) is 0 Å². The van der Waals surface area contributed by atoms with E-state index in [0.29, 0.717) is 21.7 Å². The van der Waals surface area contributed by atoms with E-state index in [1.54, 1.807) is 31.2 Å². The van der Waals surface area contributed by atoms with Crippen LogP contribution in [0.1, 0.15) is 6.92 Å². The minimum Gasteiger partial charge on any atom is -0.341 e. The molecule has 11 heteroatoms. The number of rotatable bonds is 4.